The number of hydrogen-bond donors (Lipinski definition) is 2. The molecule has 1 aliphatic heterocycles. The van der Waals surface area contributed by atoms with Crippen LogP contribution in [0.4, 0.5) is 13.2 Å². The zero-order valence-electron chi connectivity index (χ0n) is 19.1. The molecule has 186 valence electrons. The molecule has 1 fully saturated rings. The summed E-state index contributed by atoms with van der Waals surface area (Å²) in [6.45, 7) is 0.0804. The average Bonchev–Trinajstić information content (AvgIpc) is 2.86. The van der Waals surface area contributed by atoms with Gasteiger partial charge >= 0.3 is 6.18 Å². The van der Waals surface area contributed by atoms with Crippen molar-refractivity contribution in [2.24, 2.45) is 0 Å². The average molecular weight is 514 g/mol. The topological polar surface area (TPSA) is 69.5 Å². The molecule has 0 bridgehead atoms. The Labute approximate surface area is 211 Å². The normalized spacial score (nSPS) is 20.8. The Morgan fingerprint density at radius 1 is 1.03 bits per heavy atom. The second-order valence-electron chi connectivity index (χ2n) is 8.51. The van der Waals surface area contributed by atoms with Crippen LogP contribution in [0.25, 0.3) is 17.2 Å². The minimum Gasteiger partial charge on any atom is -0.388 e. The predicted octanol–water partition coefficient (Wildman–Crippen LogP) is 4.57. The second-order valence-corrected chi connectivity index (χ2v) is 8.95. The largest absolute Gasteiger partial charge is 0.419 e. The minimum absolute atomic E-state index is 0.0219. The van der Waals surface area contributed by atoms with Gasteiger partial charge in [0, 0.05) is 54.6 Å². The predicted molar refractivity (Wildman–Crippen MR) is 132 cm³/mol. The van der Waals surface area contributed by atoms with E-state index >= 15 is 0 Å². The number of likely N-dealkylation sites (tertiary alicyclic amines) is 1. The van der Waals surface area contributed by atoms with Crippen molar-refractivity contribution in [3.63, 3.8) is 0 Å². The fourth-order valence-electron chi connectivity index (χ4n) is 3.80. The SMILES string of the molecule is O[C@@H]1CN(CC=Cc2ccc(C#Cc3ccc(-c4ccc(Cl)cc4)cn3)cn2)CC[C@@]1(O)C(F)(F)F. The molecule has 0 unspecified atom stereocenters. The number of hydrogen-bond acceptors (Lipinski definition) is 5. The maximum atomic E-state index is 13.0. The lowest BCUT2D eigenvalue weighted by Gasteiger charge is -2.42. The molecule has 4 rings (SSSR count). The lowest BCUT2D eigenvalue weighted by Crippen LogP contribution is -2.62. The van der Waals surface area contributed by atoms with Crippen molar-refractivity contribution in [2.75, 3.05) is 19.6 Å². The Balaban J connectivity index is 1.30. The summed E-state index contributed by atoms with van der Waals surface area (Å²) in [7, 11) is 0. The fraction of sp³-hybridized carbons (Fsp3) is 0.259. The molecule has 0 amide bonds. The van der Waals surface area contributed by atoms with Crippen LogP contribution < -0.4 is 0 Å². The van der Waals surface area contributed by atoms with Gasteiger partial charge in [0.25, 0.3) is 0 Å². The van der Waals surface area contributed by atoms with Gasteiger partial charge in [-0.25, -0.2) is 4.98 Å². The van der Waals surface area contributed by atoms with Gasteiger partial charge in [-0.15, -0.1) is 0 Å². The Morgan fingerprint density at radius 2 is 1.78 bits per heavy atom. The van der Waals surface area contributed by atoms with Crippen molar-refractivity contribution in [3.05, 3.63) is 89.0 Å². The number of nitrogens with zero attached hydrogens (tertiary/aromatic N) is 3. The Bertz CT molecular complexity index is 1270. The third-order valence-corrected chi connectivity index (χ3v) is 6.25. The Morgan fingerprint density at radius 3 is 2.39 bits per heavy atom. The standard InChI is InChI=1S/C27H23ClF3N3O2/c28-22-8-5-20(6-9-22)21-7-12-24(33-17-21)11-4-19-3-10-23(32-16-19)2-1-14-34-15-13-26(36,25(35)18-34)27(29,30)31/h1-3,5-10,12,16-17,25,35-36H,13-15,18H2/t25-,26+/m1/s1. The van der Waals surface area contributed by atoms with Crippen LogP contribution in [0.5, 0.6) is 0 Å². The molecular weight excluding hydrogens is 491 g/mol. The monoisotopic (exact) mass is 513 g/mol. The first-order valence-corrected chi connectivity index (χ1v) is 11.6. The highest BCUT2D eigenvalue weighted by molar-refractivity contribution is 6.30. The van der Waals surface area contributed by atoms with Gasteiger partial charge in [0.15, 0.2) is 5.60 Å². The molecule has 9 heteroatoms. The molecule has 0 spiro atoms. The van der Waals surface area contributed by atoms with Crippen LogP contribution in [0.3, 0.4) is 0 Å². The third kappa shape index (κ3) is 6.12. The first-order chi connectivity index (χ1) is 17.1. The molecule has 1 saturated heterocycles. The van der Waals surface area contributed by atoms with Crippen molar-refractivity contribution in [2.45, 2.75) is 24.3 Å². The van der Waals surface area contributed by atoms with E-state index in [1.54, 1.807) is 35.5 Å². The van der Waals surface area contributed by atoms with Crippen LogP contribution in [0.2, 0.25) is 5.02 Å². The van der Waals surface area contributed by atoms with E-state index < -0.39 is 24.3 Å². The van der Waals surface area contributed by atoms with Crippen molar-refractivity contribution < 1.29 is 23.4 Å². The van der Waals surface area contributed by atoms with Crippen LogP contribution in [-0.2, 0) is 0 Å². The van der Waals surface area contributed by atoms with E-state index in [9.17, 15) is 23.4 Å². The number of pyridine rings is 2. The van der Waals surface area contributed by atoms with Crippen LogP contribution in [-0.4, -0.2) is 62.6 Å². The number of alkyl halides is 3. The third-order valence-electron chi connectivity index (χ3n) is 6.00. The highest BCUT2D eigenvalue weighted by atomic mass is 35.5. The lowest BCUT2D eigenvalue weighted by molar-refractivity contribution is -0.302. The molecule has 3 heterocycles. The van der Waals surface area contributed by atoms with Crippen LogP contribution in [0, 0.1) is 11.8 Å². The van der Waals surface area contributed by atoms with Gasteiger partial charge in [0.05, 0.1) is 5.69 Å². The van der Waals surface area contributed by atoms with Crippen molar-refractivity contribution in [1.29, 1.82) is 0 Å². The Hall–Kier alpha value is -3.22. The van der Waals surface area contributed by atoms with Gasteiger partial charge in [-0.1, -0.05) is 41.8 Å². The van der Waals surface area contributed by atoms with Crippen LogP contribution in [0.15, 0.2) is 67.0 Å². The summed E-state index contributed by atoms with van der Waals surface area (Å²) >= 11 is 5.92. The molecule has 2 atom stereocenters. The molecule has 36 heavy (non-hydrogen) atoms. The Kier molecular flexibility index (Phi) is 7.76. The maximum Gasteiger partial charge on any atom is 0.419 e. The molecular formula is C27H23ClF3N3O2. The number of halogens is 4. The van der Waals surface area contributed by atoms with Gasteiger partial charge < -0.3 is 10.2 Å². The summed E-state index contributed by atoms with van der Waals surface area (Å²) in [6, 6.07) is 14.9. The summed E-state index contributed by atoms with van der Waals surface area (Å²) in [5.74, 6) is 6.02. The molecule has 5 nitrogen and oxygen atoms in total. The van der Waals surface area contributed by atoms with Crippen molar-refractivity contribution in [3.8, 4) is 23.0 Å². The number of aromatic nitrogens is 2. The molecule has 0 radical (unpaired) electrons. The molecule has 2 N–H and O–H groups in total. The van der Waals surface area contributed by atoms with E-state index in [1.807, 2.05) is 42.5 Å². The van der Waals surface area contributed by atoms with E-state index in [-0.39, 0.29) is 13.1 Å². The highest BCUT2D eigenvalue weighted by Crippen LogP contribution is 2.38. The number of β-amino-alcohol motifs (C(OH)–C–C–N with tert-alkyl or cyclic N) is 1. The van der Waals surface area contributed by atoms with E-state index in [0.717, 1.165) is 11.1 Å². The van der Waals surface area contributed by atoms with E-state index in [4.69, 9.17) is 11.6 Å². The molecule has 1 aliphatic rings. The number of benzene rings is 1. The van der Waals surface area contributed by atoms with Gasteiger partial charge in [-0.2, -0.15) is 13.2 Å². The zero-order chi connectivity index (χ0) is 25.8. The number of aliphatic hydroxyl groups is 2. The summed E-state index contributed by atoms with van der Waals surface area (Å²) in [4.78, 5) is 10.4. The number of aliphatic hydroxyl groups excluding tert-OH is 1. The quantitative estimate of drug-likeness (QED) is 0.500. The first kappa shape index (κ1) is 25.9. The zero-order valence-corrected chi connectivity index (χ0v) is 19.8. The molecule has 2 aromatic heterocycles. The van der Waals surface area contributed by atoms with E-state index in [1.165, 1.54) is 0 Å². The number of piperidine rings is 1. The summed E-state index contributed by atoms with van der Waals surface area (Å²) in [5.41, 5.74) is 0.915. The van der Waals surface area contributed by atoms with Crippen LogP contribution in [0.1, 0.15) is 23.4 Å². The van der Waals surface area contributed by atoms with Crippen molar-refractivity contribution in [1.82, 2.24) is 14.9 Å². The molecule has 0 aliphatic carbocycles. The van der Waals surface area contributed by atoms with Crippen LogP contribution >= 0.6 is 11.6 Å². The molecule has 0 saturated carbocycles. The molecule has 1 aromatic carbocycles. The van der Waals surface area contributed by atoms with Crippen molar-refractivity contribution >= 4 is 17.7 Å². The lowest BCUT2D eigenvalue weighted by atomic mass is 9.88. The number of rotatable bonds is 4. The van der Waals surface area contributed by atoms with E-state index in [0.29, 0.717) is 28.5 Å². The summed E-state index contributed by atoms with van der Waals surface area (Å²) < 4.78 is 39.0. The highest BCUT2D eigenvalue weighted by Gasteiger charge is 2.59. The summed E-state index contributed by atoms with van der Waals surface area (Å²) in [5, 5.41) is 20.3. The molecule has 3 aromatic rings. The fourth-order valence-corrected chi connectivity index (χ4v) is 3.92. The van der Waals surface area contributed by atoms with Gasteiger partial charge in [0.1, 0.15) is 11.8 Å². The maximum absolute atomic E-state index is 13.0. The van der Waals surface area contributed by atoms with Gasteiger partial charge in [-0.3, -0.25) is 9.88 Å². The van der Waals surface area contributed by atoms with E-state index in [2.05, 4.69) is 21.8 Å². The van der Waals surface area contributed by atoms with Gasteiger partial charge in [-0.05, 0) is 47.9 Å². The summed E-state index contributed by atoms with van der Waals surface area (Å²) in [6.07, 6.45) is -0.447. The second kappa shape index (κ2) is 10.8. The minimum atomic E-state index is -4.86. The smallest absolute Gasteiger partial charge is 0.388 e. The van der Waals surface area contributed by atoms with Gasteiger partial charge in [0.2, 0.25) is 0 Å². The first-order valence-electron chi connectivity index (χ1n) is 11.2.